The van der Waals surface area contributed by atoms with Gasteiger partial charge in [0.1, 0.15) is 5.76 Å². The monoisotopic (exact) mass is 331 g/mol. The van der Waals surface area contributed by atoms with Crippen LogP contribution in [0, 0.1) is 3.77 Å². The Hall–Kier alpha value is -0.820. The maximum Gasteiger partial charge on any atom is 0.164 e. The molecule has 2 rings (SSSR count). The summed E-state index contributed by atoms with van der Waals surface area (Å²) in [6.07, 6.45) is 6.72. The number of furan rings is 1. The van der Waals surface area contributed by atoms with Gasteiger partial charge in [-0.15, -0.1) is 0 Å². The summed E-state index contributed by atoms with van der Waals surface area (Å²) in [5.74, 6) is 0.993. The molecule has 0 aromatic carbocycles. The van der Waals surface area contributed by atoms with Crippen LogP contribution < -0.4 is 5.32 Å². The molecule has 0 aliphatic heterocycles. The molecule has 0 saturated carbocycles. The van der Waals surface area contributed by atoms with E-state index in [4.69, 9.17) is 4.42 Å². The molecule has 4 nitrogen and oxygen atoms in total. The van der Waals surface area contributed by atoms with Crippen LogP contribution >= 0.6 is 22.6 Å². The van der Waals surface area contributed by atoms with Crippen molar-refractivity contribution in [2.45, 2.75) is 19.5 Å². The zero-order chi connectivity index (χ0) is 11.2. The van der Waals surface area contributed by atoms with Gasteiger partial charge in [-0.3, -0.25) is 0 Å². The first-order valence-corrected chi connectivity index (χ1v) is 6.33. The minimum absolute atomic E-state index is 0.799. The summed E-state index contributed by atoms with van der Waals surface area (Å²) in [5, 5.41) is 3.35. The highest BCUT2D eigenvalue weighted by atomic mass is 127. The third-order valence-corrected chi connectivity index (χ3v) is 2.84. The van der Waals surface area contributed by atoms with E-state index in [1.54, 1.807) is 6.20 Å². The fourth-order valence-corrected chi connectivity index (χ4v) is 1.93. The van der Waals surface area contributed by atoms with Gasteiger partial charge >= 0.3 is 0 Å². The lowest BCUT2D eigenvalue weighted by Gasteiger charge is -2.03. The second kappa shape index (κ2) is 6.05. The van der Waals surface area contributed by atoms with Crippen LogP contribution in [-0.4, -0.2) is 16.1 Å². The normalized spacial score (nSPS) is 10.8. The van der Waals surface area contributed by atoms with Crippen molar-refractivity contribution in [3.8, 4) is 0 Å². The average molecular weight is 331 g/mol. The van der Waals surface area contributed by atoms with Crippen LogP contribution in [0.2, 0.25) is 0 Å². The van der Waals surface area contributed by atoms with Gasteiger partial charge in [-0.1, -0.05) is 0 Å². The SMILES string of the molecule is Ic1ccc(CNCCCn2ccnc2)o1. The van der Waals surface area contributed by atoms with E-state index in [1.807, 2.05) is 24.7 Å². The van der Waals surface area contributed by atoms with Gasteiger partial charge in [-0.25, -0.2) is 4.98 Å². The Labute approximate surface area is 108 Å². The number of aromatic nitrogens is 2. The maximum absolute atomic E-state index is 5.44. The predicted molar refractivity (Wildman–Crippen MR) is 70.0 cm³/mol. The van der Waals surface area contributed by atoms with Gasteiger partial charge < -0.3 is 14.3 Å². The third kappa shape index (κ3) is 3.64. The van der Waals surface area contributed by atoms with Crippen molar-refractivity contribution in [2.24, 2.45) is 0 Å². The van der Waals surface area contributed by atoms with Crippen LogP contribution in [0.3, 0.4) is 0 Å². The molecule has 0 radical (unpaired) electrons. The first-order valence-electron chi connectivity index (χ1n) is 5.25. The molecule has 1 N–H and O–H groups in total. The summed E-state index contributed by atoms with van der Waals surface area (Å²) in [6, 6.07) is 3.98. The standard InChI is InChI=1S/C11H14IN3O/c12-11-3-2-10(16-11)8-13-4-1-6-15-7-5-14-9-15/h2-3,5,7,9,13H,1,4,6,8H2. The highest BCUT2D eigenvalue weighted by Crippen LogP contribution is 2.09. The molecule has 2 aromatic heterocycles. The smallest absolute Gasteiger partial charge is 0.164 e. The maximum atomic E-state index is 5.44. The largest absolute Gasteiger partial charge is 0.454 e. The molecule has 0 aliphatic rings. The summed E-state index contributed by atoms with van der Waals surface area (Å²) in [4.78, 5) is 4.00. The van der Waals surface area contributed by atoms with Crippen molar-refractivity contribution < 1.29 is 4.42 Å². The zero-order valence-electron chi connectivity index (χ0n) is 8.90. The predicted octanol–water partition coefficient (Wildman–Crippen LogP) is 2.26. The quantitative estimate of drug-likeness (QED) is 0.652. The number of nitrogens with zero attached hydrogens (tertiary/aromatic N) is 2. The van der Waals surface area contributed by atoms with Crippen LogP contribution in [0.5, 0.6) is 0 Å². The lowest BCUT2D eigenvalue weighted by molar-refractivity contribution is 0.458. The van der Waals surface area contributed by atoms with E-state index in [1.165, 1.54) is 0 Å². The Morgan fingerprint density at radius 3 is 3.06 bits per heavy atom. The van der Waals surface area contributed by atoms with Crippen molar-refractivity contribution in [2.75, 3.05) is 6.54 Å². The summed E-state index contributed by atoms with van der Waals surface area (Å²) < 4.78 is 8.46. The van der Waals surface area contributed by atoms with Gasteiger partial charge in [0.15, 0.2) is 3.77 Å². The van der Waals surface area contributed by atoms with Crippen LogP contribution in [-0.2, 0) is 13.1 Å². The highest BCUT2D eigenvalue weighted by molar-refractivity contribution is 14.1. The highest BCUT2D eigenvalue weighted by Gasteiger charge is 1.98. The number of nitrogens with one attached hydrogen (secondary N) is 1. The van der Waals surface area contributed by atoms with E-state index in [2.05, 4.69) is 37.5 Å². The van der Waals surface area contributed by atoms with Gasteiger partial charge in [0.05, 0.1) is 12.9 Å². The molecule has 5 heteroatoms. The number of halogens is 1. The van der Waals surface area contributed by atoms with Crippen LogP contribution in [0.1, 0.15) is 12.2 Å². The van der Waals surface area contributed by atoms with Gasteiger partial charge in [0.25, 0.3) is 0 Å². The number of aryl methyl sites for hydroxylation is 1. The Balaban J connectivity index is 1.59. The molecular weight excluding hydrogens is 317 g/mol. The van der Waals surface area contributed by atoms with Crippen molar-refractivity contribution in [3.63, 3.8) is 0 Å². The molecule has 0 unspecified atom stereocenters. The first-order chi connectivity index (χ1) is 7.84. The average Bonchev–Trinajstić information content (AvgIpc) is 2.89. The number of hydrogen-bond acceptors (Lipinski definition) is 3. The molecule has 2 heterocycles. The van der Waals surface area contributed by atoms with E-state index in [-0.39, 0.29) is 0 Å². The Morgan fingerprint density at radius 1 is 1.44 bits per heavy atom. The molecule has 0 saturated heterocycles. The summed E-state index contributed by atoms with van der Waals surface area (Å²) in [5.41, 5.74) is 0. The second-order valence-electron chi connectivity index (χ2n) is 3.54. The Bertz CT molecular complexity index is 411. The molecular formula is C11H14IN3O. The van der Waals surface area contributed by atoms with Crippen molar-refractivity contribution in [1.82, 2.24) is 14.9 Å². The van der Waals surface area contributed by atoms with E-state index in [0.717, 1.165) is 35.6 Å². The van der Waals surface area contributed by atoms with E-state index >= 15 is 0 Å². The zero-order valence-corrected chi connectivity index (χ0v) is 11.1. The van der Waals surface area contributed by atoms with Crippen molar-refractivity contribution >= 4 is 22.6 Å². The summed E-state index contributed by atoms with van der Waals surface area (Å²) in [7, 11) is 0. The second-order valence-corrected chi connectivity index (χ2v) is 4.60. The summed E-state index contributed by atoms with van der Waals surface area (Å²) >= 11 is 2.17. The van der Waals surface area contributed by atoms with Crippen LogP contribution in [0.15, 0.2) is 35.3 Å². The van der Waals surface area contributed by atoms with Gasteiger partial charge in [0, 0.05) is 18.9 Å². The van der Waals surface area contributed by atoms with Crippen LogP contribution in [0.25, 0.3) is 0 Å². The lowest BCUT2D eigenvalue weighted by atomic mass is 10.4. The van der Waals surface area contributed by atoms with E-state index in [9.17, 15) is 0 Å². The molecule has 0 bridgehead atoms. The molecule has 0 atom stereocenters. The third-order valence-electron chi connectivity index (χ3n) is 2.26. The molecule has 2 aromatic rings. The van der Waals surface area contributed by atoms with E-state index in [0.29, 0.717) is 0 Å². The molecule has 0 amide bonds. The van der Waals surface area contributed by atoms with Crippen LogP contribution in [0.4, 0.5) is 0 Å². The number of rotatable bonds is 6. The molecule has 0 fully saturated rings. The van der Waals surface area contributed by atoms with E-state index < -0.39 is 0 Å². The minimum Gasteiger partial charge on any atom is -0.454 e. The van der Waals surface area contributed by atoms with Gasteiger partial charge in [0.2, 0.25) is 0 Å². The summed E-state index contributed by atoms with van der Waals surface area (Å²) in [6.45, 7) is 2.78. The lowest BCUT2D eigenvalue weighted by Crippen LogP contribution is -2.15. The van der Waals surface area contributed by atoms with Gasteiger partial charge in [-0.2, -0.15) is 0 Å². The van der Waals surface area contributed by atoms with Gasteiger partial charge in [-0.05, 0) is 47.7 Å². The van der Waals surface area contributed by atoms with Crippen molar-refractivity contribution in [1.29, 1.82) is 0 Å². The Kier molecular flexibility index (Phi) is 4.41. The molecule has 86 valence electrons. The molecule has 16 heavy (non-hydrogen) atoms. The molecule has 0 spiro atoms. The fourth-order valence-electron chi connectivity index (χ4n) is 1.46. The minimum atomic E-state index is 0.799. The number of hydrogen-bond donors (Lipinski definition) is 1. The number of imidazole rings is 1. The molecule has 0 aliphatic carbocycles. The first kappa shape index (κ1) is 11.7. The fraction of sp³-hybridized carbons (Fsp3) is 0.364. The Morgan fingerprint density at radius 2 is 2.38 bits per heavy atom. The van der Waals surface area contributed by atoms with Crippen molar-refractivity contribution in [3.05, 3.63) is 40.4 Å². The topological polar surface area (TPSA) is 43.0 Å².